The molecule has 0 saturated carbocycles. The fourth-order valence-corrected chi connectivity index (χ4v) is 2.92. The van der Waals surface area contributed by atoms with E-state index in [9.17, 15) is 13.2 Å². The molecular weight excluding hydrogens is 314 g/mol. The lowest BCUT2D eigenvalue weighted by Gasteiger charge is -2.10. The molecule has 6 heteroatoms. The average molecular weight is 333 g/mol. The Kier molecular flexibility index (Phi) is 5.05. The minimum atomic E-state index is -3.88. The van der Waals surface area contributed by atoms with E-state index < -0.39 is 10.1 Å². The van der Waals surface area contributed by atoms with Gasteiger partial charge in [0.1, 0.15) is 10.6 Å². The standard InChI is InChI=1S/C17H19NO4S/c1-12(2)14-4-10-17(11-5-14)23(20,21)22-16-8-6-15(7-9-16)18-13(3)19/h4-12H,1-3H3,(H,18,19). The fourth-order valence-electron chi connectivity index (χ4n) is 1.99. The lowest BCUT2D eigenvalue weighted by atomic mass is 10.0. The quantitative estimate of drug-likeness (QED) is 0.850. The van der Waals surface area contributed by atoms with Crippen molar-refractivity contribution in [1.82, 2.24) is 0 Å². The largest absolute Gasteiger partial charge is 0.379 e. The molecule has 0 radical (unpaired) electrons. The maximum absolute atomic E-state index is 12.3. The molecule has 2 rings (SSSR count). The van der Waals surface area contributed by atoms with Crippen LogP contribution in [0.25, 0.3) is 0 Å². The molecule has 0 aliphatic carbocycles. The number of hydrogen-bond donors (Lipinski definition) is 1. The van der Waals surface area contributed by atoms with Crippen LogP contribution >= 0.6 is 0 Å². The molecule has 0 bridgehead atoms. The van der Waals surface area contributed by atoms with Crippen molar-refractivity contribution < 1.29 is 17.4 Å². The van der Waals surface area contributed by atoms with E-state index in [2.05, 4.69) is 5.32 Å². The Morgan fingerprint density at radius 2 is 1.57 bits per heavy atom. The van der Waals surface area contributed by atoms with Gasteiger partial charge in [0.05, 0.1) is 0 Å². The van der Waals surface area contributed by atoms with Gasteiger partial charge in [-0.2, -0.15) is 8.42 Å². The van der Waals surface area contributed by atoms with Crippen molar-refractivity contribution in [3.8, 4) is 5.75 Å². The molecule has 23 heavy (non-hydrogen) atoms. The molecule has 5 nitrogen and oxygen atoms in total. The highest BCUT2D eigenvalue weighted by molar-refractivity contribution is 7.87. The molecule has 0 aliphatic heterocycles. The van der Waals surface area contributed by atoms with E-state index in [0.29, 0.717) is 11.6 Å². The number of anilines is 1. The number of nitrogens with one attached hydrogen (secondary N) is 1. The van der Waals surface area contributed by atoms with Crippen LogP contribution in [-0.2, 0) is 14.9 Å². The van der Waals surface area contributed by atoms with Crippen molar-refractivity contribution in [2.75, 3.05) is 5.32 Å². The lowest BCUT2D eigenvalue weighted by molar-refractivity contribution is -0.114. The van der Waals surface area contributed by atoms with E-state index in [1.165, 1.54) is 31.2 Å². The summed E-state index contributed by atoms with van der Waals surface area (Å²) in [6.07, 6.45) is 0. The van der Waals surface area contributed by atoms with Crippen LogP contribution in [0.5, 0.6) is 5.75 Å². The molecule has 0 fully saturated rings. The summed E-state index contributed by atoms with van der Waals surface area (Å²) in [4.78, 5) is 11.1. The third-order valence-electron chi connectivity index (χ3n) is 3.22. The molecule has 122 valence electrons. The van der Waals surface area contributed by atoms with Gasteiger partial charge in [0.2, 0.25) is 5.91 Å². The van der Waals surface area contributed by atoms with Crippen LogP contribution in [0.3, 0.4) is 0 Å². The maximum atomic E-state index is 12.3. The van der Waals surface area contributed by atoms with Gasteiger partial charge in [-0.25, -0.2) is 0 Å². The Bertz CT molecular complexity index is 778. The average Bonchev–Trinajstić information content (AvgIpc) is 2.48. The molecule has 1 N–H and O–H groups in total. The van der Waals surface area contributed by atoms with E-state index in [0.717, 1.165) is 5.56 Å². The zero-order valence-corrected chi connectivity index (χ0v) is 14.1. The number of amides is 1. The zero-order valence-electron chi connectivity index (χ0n) is 13.2. The Labute approximate surface area is 136 Å². The Balaban J connectivity index is 2.15. The van der Waals surface area contributed by atoms with Gasteiger partial charge in [0, 0.05) is 12.6 Å². The van der Waals surface area contributed by atoms with Crippen LogP contribution in [0.15, 0.2) is 53.4 Å². The molecule has 0 heterocycles. The zero-order chi connectivity index (χ0) is 17.0. The predicted molar refractivity (Wildman–Crippen MR) is 89.1 cm³/mol. The minimum Gasteiger partial charge on any atom is -0.379 e. The van der Waals surface area contributed by atoms with Crippen molar-refractivity contribution in [2.24, 2.45) is 0 Å². The molecule has 0 aromatic heterocycles. The third-order valence-corrected chi connectivity index (χ3v) is 4.48. The third kappa shape index (κ3) is 4.56. The second kappa shape index (κ2) is 6.83. The molecule has 0 atom stereocenters. The van der Waals surface area contributed by atoms with Crippen molar-refractivity contribution in [3.63, 3.8) is 0 Å². The summed E-state index contributed by atoms with van der Waals surface area (Å²) in [5.41, 5.74) is 1.63. The topological polar surface area (TPSA) is 72.5 Å². The molecular formula is C17H19NO4S. The molecule has 2 aromatic rings. The molecule has 0 saturated heterocycles. The highest BCUT2D eigenvalue weighted by atomic mass is 32.2. The first-order valence-electron chi connectivity index (χ1n) is 7.20. The van der Waals surface area contributed by atoms with Crippen LogP contribution < -0.4 is 9.50 Å². The van der Waals surface area contributed by atoms with Crippen LogP contribution in [0.2, 0.25) is 0 Å². The number of carbonyl (C=O) groups is 1. The summed E-state index contributed by atoms with van der Waals surface area (Å²) in [5.74, 6) is 0.317. The molecule has 0 unspecified atom stereocenters. The fraction of sp³-hybridized carbons (Fsp3) is 0.235. The van der Waals surface area contributed by atoms with E-state index in [1.807, 2.05) is 13.8 Å². The first-order chi connectivity index (χ1) is 10.8. The SMILES string of the molecule is CC(=O)Nc1ccc(OS(=O)(=O)c2ccc(C(C)C)cc2)cc1. The Hall–Kier alpha value is -2.34. The van der Waals surface area contributed by atoms with Gasteiger partial charge in [-0.3, -0.25) is 4.79 Å². The molecule has 0 spiro atoms. The number of hydrogen-bond acceptors (Lipinski definition) is 4. The first kappa shape index (κ1) is 17.0. The van der Waals surface area contributed by atoms with Crippen molar-refractivity contribution >= 4 is 21.7 Å². The predicted octanol–water partition coefficient (Wildman–Crippen LogP) is 3.54. The summed E-state index contributed by atoms with van der Waals surface area (Å²) in [6.45, 7) is 5.48. The van der Waals surface area contributed by atoms with Gasteiger partial charge in [0.25, 0.3) is 0 Å². The summed E-state index contributed by atoms with van der Waals surface area (Å²) in [7, 11) is -3.88. The maximum Gasteiger partial charge on any atom is 0.339 e. The van der Waals surface area contributed by atoms with Crippen molar-refractivity contribution in [1.29, 1.82) is 0 Å². The first-order valence-corrected chi connectivity index (χ1v) is 8.61. The van der Waals surface area contributed by atoms with Gasteiger partial charge in [0.15, 0.2) is 0 Å². The van der Waals surface area contributed by atoms with E-state index in [-0.39, 0.29) is 16.6 Å². The highest BCUT2D eigenvalue weighted by Crippen LogP contribution is 2.22. The number of carbonyl (C=O) groups excluding carboxylic acids is 1. The van der Waals surface area contributed by atoms with E-state index in [4.69, 9.17) is 4.18 Å². The second-order valence-corrected chi connectivity index (χ2v) is 7.01. The lowest BCUT2D eigenvalue weighted by Crippen LogP contribution is -2.10. The van der Waals surface area contributed by atoms with Gasteiger partial charge in [-0.15, -0.1) is 0 Å². The molecule has 2 aromatic carbocycles. The van der Waals surface area contributed by atoms with Crippen LogP contribution in [0.1, 0.15) is 32.3 Å². The van der Waals surface area contributed by atoms with Gasteiger partial charge in [-0.05, 0) is 47.9 Å². The number of rotatable bonds is 5. The molecule has 1 amide bonds. The molecule has 0 aliphatic rings. The van der Waals surface area contributed by atoms with Crippen molar-refractivity contribution in [2.45, 2.75) is 31.6 Å². The van der Waals surface area contributed by atoms with Crippen LogP contribution in [-0.4, -0.2) is 14.3 Å². The Morgan fingerprint density at radius 3 is 2.04 bits per heavy atom. The van der Waals surface area contributed by atoms with Gasteiger partial charge < -0.3 is 9.50 Å². The Morgan fingerprint density at radius 1 is 1.00 bits per heavy atom. The van der Waals surface area contributed by atoms with Crippen LogP contribution in [0, 0.1) is 0 Å². The van der Waals surface area contributed by atoms with Crippen LogP contribution in [0.4, 0.5) is 5.69 Å². The summed E-state index contributed by atoms with van der Waals surface area (Å²) < 4.78 is 29.6. The second-order valence-electron chi connectivity index (χ2n) is 5.47. The summed E-state index contributed by atoms with van der Waals surface area (Å²) in [6, 6.07) is 12.8. The number of benzene rings is 2. The van der Waals surface area contributed by atoms with Gasteiger partial charge in [-0.1, -0.05) is 26.0 Å². The monoisotopic (exact) mass is 333 g/mol. The highest BCUT2D eigenvalue weighted by Gasteiger charge is 2.16. The summed E-state index contributed by atoms with van der Waals surface area (Å²) in [5, 5.41) is 2.60. The smallest absolute Gasteiger partial charge is 0.339 e. The normalized spacial score (nSPS) is 11.3. The van der Waals surface area contributed by atoms with E-state index in [1.54, 1.807) is 24.3 Å². The summed E-state index contributed by atoms with van der Waals surface area (Å²) >= 11 is 0. The van der Waals surface area contributed by atoms with E-state index >= 15 is 0 Å². The van der Waals surface area contributed by atoms with Gasteiger partial charge >= 0.3 is 10.1 Å². The van der Waals surface area contributed by atoms with Crippen molar-refractivity contribution in [3.05, 3.63) is 54.1 Å². The minimum absolute atomic E-state index is 0.104.